The van der Waals surface area contributed by atoms with E-state index in [4.69, 9.17) is 14.5 Å². The highest BCUT2D eigenvalue weighted by atomic mass is 16.7. The first kappa shape index (κ1) is 15.5. The van der Waals surface area contributed by atoms with Crippen molar-refractivity contribution in [1.82, 2.24) is 14.5 Å². The van der Waals surface area contributed by atoms with Gasteiger partial charge in [-0.3, -0.25) is 4.98 Å². The zero-order chi connectivity index (χ0) is 17.7. The van der Waals surface area contributed by atoms with Gasteiger partial charge in [0.1, 0.15) is 0 Å². The highest BCUT2D eigenvalue weighted by molar-refractivity contribution is 6.16. The molecule has 26 heavy (non-hydrogen) atoms. The average Bonchev–Trinajstić information content (AvgIpc) is 3.22. The van der Waals surface area contributed by atoms with E-state index in [0.717, 1.165) is 52.8 Å². The van der Waals surface area contributed by atoms with Gasteiger partial charge in [-0.15, -0.1) is 0 Å². The summed E-state index contributed by atoms with van der Waals surface area (Å²) >= 11 is 0. The first-order valence-electron chi connectivity index (χ1n) is 8.96. The molecule has 132 valence electrons. The van der Waals surface area contributed by atoms with Gasteiger partial charge in [-0.05, 0) is 33.1 Å². The highest BCUT2D eigenvalue weighted by Crippen LogP contribution is 2.41. The number of benzene rings is 2. The number of hydrogen-bond donors (Lipinski definition) is 0. The van der Waals surface area contributed by atoms with Gasteiger partial charge in [0, 0.05) is 35.0 Å². The van der Waals surface area contributed by atoms with Gasteiger partial charge in [0.15, 0.2) is 11.5 Å². The Morgan fingerprint density at radius 2 is 1.88 bits per heavy atom. The maximum Gasteiger partial charge on any atom is 0.231 e. The van der Waals surface area contributed by atoms with Crippen LogP contribution in [0.4, 0.5) is 0 Å². The maximum atomic E-state index is 5.62. The second-order valence-corrected chi connectivity index (χ2v) is 7.07. The summed E-state index contributed by atoms with van der Waals surface area (Å²) in [6.07, 6.45) is 3.04. The molecule has 0 amide bonds. The molecule has 0 fully saturated rings. The summed E-state index contributed by atoms with van der Waals surface area (Å²) in [6, 6.07) is 12.6. The first-order valence-corrected chi connectivity index (χ1v) is 8.96. The molecule has 0 atom stereocenters. The number of hydrogen-bond acceptors (Lipinski definition) is 4. The minimum absolute atomic E-state index is 0.289. The second-order valence-electron chi connectivity index (χ2n) is 7.07. The zero-order valence-electron chi connectivity index (χ0n) is 15.0. The van der Waals surface area contributed by atoms with Crippen LogP contribution in [-0.4, -0.2) is 41.9 Å². The van der Waals surface area contributed by atoms with Gasteiger partial charge >= 0.3 is 0 Å². The fourth-order valence-electron chi connectivity index (χ4n) is 3.86. The lowest BCUT2D eigenvalue weighted by Gasteiger charge is -2.12. The van der Waals surface area contributed by atoms with Crippen LogP contribution in [-0.2, 0) is 6.54 Å². The van der Waals surface area contributed by atoms with Gasteiger partial charge in [-0.25, -0.2) is 0 Å². The highest BCUT2D eigenvalue weighted by Gasteiger charge is 2.20. The second kappa shape index (κ2) is 5.88. The van der Waals surface area contributed by atoms with E-state index in [1.807, 2.05) is 6.20 Å². The van der Waals surface area contributed by atoms with Crippen molar-refractivity contribution in [2.75, 3.05) is 27.4 Å². The standard InChI is InChI=1S/C21H21N3O2/c1-23(2)8-5-9-24-17-11-19-18(25-13-26-19)10-16(17)20-21(24)15-7-4-3-6-14(15)12-22-20/h3-4,6-7,10-12H,5,8-9,13H2,1-2H3. The molecular formula is C21H21N3O2. The summed E-state index contributed by atoms with van der Waals surface area (Å²) in [5, 5.41) is 3.53. The van der Waals surface area contributed by atoms with Crippen molar-refractivity contribution in [1.29, 1.82) is 0 Å². The largest absolute Gasteiger partial charge is 0.454 e. The minimum Gasteiger partial charge on any atom is -0.454 e. The van der Waals surface area contributed by atoms with Crippen LogP contribution < -0.4 is 9.47 Å². The molecule has 0 aliphatic carbocycles. The molecule has 5 rings (SSSR count). The van der Waals surface area contributed by atoms with Crippen LogP contribution in [0.25, 0.3) is 32.7 Å². The van der Waals surface area contributed by atoms with Gasteiger partial charge in [0.2, 0.25) is 6.79 Å². The fourth-order valence-corrected chi connectivity index (χ4v) is 3.86. The Morgan fingerprint density at radius 3 is 2.73 bits per heavy atom. The Morgan fingerprint density at radius 1 is 1.08 bits per heavy atom. The van der Waals surface area contributed by atoms with Crippen molar-refractivity contribution in [3.63, 3.8) is 0 Å². The average molecular weight is 347 g/mol. The van der Waals surface area contributed by atoms with Gasteiger partial charge in [-0.2, -0.15) is 0 Å². The number of ether oxygens (including phenoxy) is 2. The molecule has 2 aromatic carbocycles. The van der Waals surface area contributed by atoms with Crippen molar-refractivity contribution in [2.45, 2.75) is 13.0 Å². The van der Waals surface area contributed by atoms with Crippen molar-refractivity contribution in [3.05, 3.63) is 42.6 Å². The van der Waals surface area contributed by atoms with E-state index >= 15 is 0 Å². The lowest BCUT2D eigenvalue weighted by molar-refractivity contribution is 0.174. The third-order valence-corrected chi connectivity index (χ3v) is 5.07. The van der Waals surface area contributed by atoms with E-state index in [-0.39, 0.29) is 6.79 Å². The van der Waals surface area contributed by atoms with E-state index in [1.165, 1.54) is 10.9 Å². The van der Waals surface area contributed by atoms with Crippen LogP contribution in [0.15, 0.2) is 42.6 Å². The molecule has 0 saturated carbocycles. The molecule has 0 spiro atoms. The monoisotopic (exact) mass is 347 g/mol. The summed E-state index contributed by atoms with van der Waals surface area (Å²) < 4.78 is 13.6. The predicted octanol–water partition coefficient (Wildman–Crippen LogP) is 4.02. The quantitative estimate of drug-likeness (QED) is 0.559. The fraction of sp³-hybridized carbons (Fsp3) is 0.286. The summed E-state index contributed by atoms with van der Waals surface area (Å²) in [6.45, 7) is 2.27. The Bertz CT molecular complexity index is 1130. The molecule has 1 aliphatic rings. The molecule has 5 heteroatoms. The van der Waals surface area contributed by atoms with E-state index in [1.54, 1.807) is 0 Å². The number of aryl methyl sites for hydroxylation is 1. The first-order chi connectivity index (χ1) is 12.7. The van der Waals surface area contributed by atoms with Crippen molar-refractivity contribution in [2.24, 2.45) is 0 Å². The molecule has 5 nitrogen and oxygen atoms in total. The lowest BCUT2D eigenvalue weighted by Crippen LogP contribution is -2.15. The van der Waals surface area contributed by atoms with E-state index in [2.05, 4.69) is 60.0 Å². The summed E-state index contributed by atoms with van der Waals surface area (Å²) in [7, 11) is 4.22. The molecule has 3 heterocycles. The molecule has 0 saturated heterocycles. The normalized spacial score (nSPS) is 13.5. The third-order valence-electron chi connectivity index (χ3n) is 5.07. The molecule has 1 aliphatic heterocycles. The van der Waals surface area contributed by atoms with Crippen molar-refractivity contribution < 1.29 is 9.47 Å². The molecule has 4 aromatic rings. The molecule has 0 bridgehead atoms. The van der Waals surface area contributed by atoms with Crippen LogP contribution in [0.5, 0.6) is 11.5 Å². The molecule has 0 unspecified atom stereocenters. The molecule has 0 N–H and O–H groups in total. The Kier molecular flexibility index (Phi) is 3.50. The molecular weight excluding hydrogens is 326 g/mol. The summed E-state index contributed by atoms with van der Waals surface area (Å²) in [5.41, 5.74) is 3.38. The zero-order valence-corrected chi connectivity index (χ0v) is 15.0. The van der Waals surface area contributed by atoms with Crippen LogP contribution in [0.3, 0.4) is 0 Å². The lowest BCUT2D eigenvalue weighted by atomic mass is 10.1. The van der Waals surface area contributed by atoms with Crippen LogP contribution in [0.2, 0.25) is 0 Å². The maximum absolute atomic E-state index is 5.62. The SMILES string of the molecule is CN(C)CCCn1c2cc3c(cc2c2ncc4ccccc4c21)OCO3. The molecule has 2 aromatic heterocycles. The summed E-state index contributed by atoms with van der Waals surface area (Å²) in [4.78, 5) is 7.02. The predicted molar refractivity (Wildman–Crippen MR) is 104 cm³/mol. The Labute approximate surface area is 151 Å². The van der Waals surface area contributed by atoms with Crippen LogP contribution in [0.1, 0.15) is 6.42 Å². The number of pyridine rings is 1. The number of aromatic nitrogens is 2. The number of rotatable bonds is 4. The van der Waals surface area contributed by atoms with Crippen LogP contribution >= 0.6 is 0 Å². The van der Waals surface area contributed by atoms with E-state index < -0.39 is 0 Å². The number of nitrogens with zero attached hydrogens (tertiary/aromatic N) is 3. The van der Waals surface area contributed by atoms with Crippen molar-refractivity contribution in [3.8, 4) is 11.5 Å². The van der Waals surface area contributed by atoms with Gasteiger partial charge in [0.25, 0.3) is 0 Å². The Balaban J connectivity index is 1.81. The van der Waals surface area contributed by atoms with Gasteiger partial charge < -0.3 is 18.9 Å². The van der Waals surface area contributed by atoms with Gasteiger partial charge in [-0.1, -0.05) is 24.3 Å². The topological polar surface area (TPSA) is 39.5 Å². The third kappa shape index (κ3) is 2.31. The van der Waals surface area contributed by atoms with Crippen LogP contribution in [0, 0.1) is 0 Å². The minimum atomic E-state index is 0.289. The van der Waals surface area contributed by atoms with E-state index in [0.29, 0.717) is 0 Å². The van der Waals surface area contributed by atoms with Gasteiger partial charge in [0.05, 0.1) is 16.6 Å². The smallest absolute Gasteiger partial charge is 0.231 e. The number of fused-ring (bicyclic) bond motifs is 6. The van der Waals surface area contributed by atoms with Crippen molar-refractivity contribution >= 4 is 32.7 Å². The Hall–Kier alpha value is -2.79. The van der Waals surface area contributed by atoms with E-state index in [9.17, 15) is 0 Å². The molecule has 0 radical (unpaired) electrons. The summed E-state index contributed by atoms with van der Waals surface area (Å²) in [5.74, 6) is 1.62.